The van der Waals surface area contributed by atoms with Crippen molar-refractivity contribution in [2.45, 2.75) is 52.0 Å². The highest BCUT2D eigenvalue weighted by molar-refractivity contribution is 5.75. The Morgan fingerprint density at radius 3 is 2.43 bits per heavy atom. The van der Waals surface area contributed by atoms with Crippen molar-refractivity contribution in [2.75, 3.05) is 0 Å². The lowest BCUT2D eigenvalue weighted by molar-refractivity contribution is -0.276. The number of amides is 1. The molecule has 5 aromatic rings. The molecule has 1 aromatic heterocycles. The van der Waals surface area contributed by atoms with Crippen molar-refractivity contribution in [1.82, 2.24) is 14.9 Å². The number of hydrogen-bond donors (Lipinski definition) is 2. The number of carbonyl (C=O) groups excluding carboxylic acids is 1. The molecule has 0 saturated carbocycles. The number of para-hydroxylation sites is 2. The van der Waals surface area contributed by atoms with Gasteiger partial charge in [0, 0.05) is 24.9 Å². The van der Waals surface area contributed by atoms with Crippen molar-refractivity contribution in [2.24, 2.45) is 5.92 Å². The second-order valence-corrected chi connectivity index (χ2v) is 10.9. The third-order valence-electron chi connectivity index (χ3n) is 7.99. The Bertz CT molecular complexity index is 1680. The standard InChI is InChI=1S/C35H35N3O4/c1-23-33(20-38-22-37-31-11-3-4-12-32(31)38)41-35(42-34(23)27-15-13-25(21-39)14-16-27)30-10-6-9-29(18-30)28-8-5-7-26(17-28)19-36-24(2)40/h3-18,22-23,33-35,39H,19-21H2,1-2H3,(H,36,40)/t23-,33+,34+,35+/m0/s1. The topological polar surface area (TPSA) is 85.6 Å². The highest BCUT2D eigenvalue weighted by atomic mass is 16.7. The van der Waals surface area contributed by atoms with E-state index in [1.54, 1.807) is 0 Å². The lowest BCUT2D eigenvalue weighted by atomic mass is 9.90. The average Bonchev–Trinajstić information content (AvgIpc) is 3.44. The normalized spacial score (nSPS) is 20.5. The lowest BCUT2D eigenvalue weighted by Gasteiger charge is -2.41. The first-order valence-corrected chi connectivity index (χ1v) is 14.3. The van der Waals surface area contributed by atoms with Crippen molar-refractivity contribution in [3.8, 4) is 11.1 Å². The predicted octanol–water partition coefficient (Wildman–Crippen LogP) is 6.32. The molecule has 2 heterocycles. The zero-order valence-electron chi connectivity index (χ0n) is 23.8. The Morgan fingerprint density at radius 1 is 0.881 bits per heavy atom. The molecule has 1 aliphatic heterocycles. The van der Waals surface area contributed by atoms with Crippen LogP contribution in [0.3, 0.4) is 0 Å². The maximum atomic E-state index is 11.4. The molecule has 0 radical (unpaired) electrons. The number of hydrogen-bond acceptors (Lipinski definition) is 5. The van der Waals surface area contributed by atoms with Crippen LogP contribution in [0.25, 0.3) is 22.2 Å². The quantitative estimate of drug-likeness (QED) is 0.232. The summed E-state index contributed by atoms with van der Waals surface area (Å²) in [5.74, 6) is -0.00180. The molecular formula is C35H35N3O4. The number of nitrogens with one attached hydrogen (secondary N) is 1. The Hall–Kier alpha value is -4.30. The van der Waals surface area contributed by atoms with Crippen LogP contribution >= 0.6 is 0 Å². The zero-order valence-corrected chi connectivity index (χ0v) is 23.8. The fourth-order valence-electron chi connectivity index (χ4n) is 5.63. The molecule has 1 amide bonds. The molecule has 1 aliphatic rings. The van der Waals surface area contributed by atoms with E-state index < -0.39 is 6.29 Å². The summed E-state index contributed by atoms with van der Waals surface area (Å²) in [6.07, 6.45) is 0.950. The van der Waals surface area contributed by atoms with Gasteiger partial charge in [0.15, 0.2) is 6.29 Å². The largest absolute Gasteiger partial charge is 0.392 e. The molecular weight excluding hydrogens is 526 g/mol. The van der Waals surface area contributed by atoms with E-state index in [-0.39, 0.29) is 30.6 Å². The number of aromatic nitrogens is 2. The van der Waals surface area contributed by atoms with E-state index >= 15 is 0 Å². The van der Waals surface area contributed by atoms with Gasteiger partial charge in [0.05, 0.1) is 42.7 Å². The summed E-state index contributed by atoms with van der Waals surface area (Å²) in [5.41, 5.74) is 8.01. The van der Waals surface area contributed by atoms with Gasteiger partial charge in [-0.05, 0) is 52.1 Å². The van der Waals surface area contributed by atoms with Crippen LogP contribution in [-0.2, 0) is 34.0 Å². The molecule has 6 rings (SSSR count). The number of nitrogens with zero attached hydrogens (tertiary/aromatic N) is 2. The number of carbonyl (C=O) groups is 1. The lowest BCUT2D eigenvalue weighted by Crippen LogP contribution is -2.39. The molecule has 4 aromatic carbocycles. The van der Waals surface area contributed by atoms with Crippen LogP contribution in [0.2, 0.25) is 0 Å². The summed E-state index contributed by atoms with van der Waals surface area (Å²) in [7, 11) is 0. The number of aliphatic hydroxyl groups is 1. The molecule has 214 valence electrons. The molecule has 42 heavy (non-hydrogen) atoms. The number of aliphatic hydroxyl groups excluding tert-OH is 1. The number of ether oxygens (including phenoxy) is 2. The SMILES string of the molecule is CC(=O)NCc1cccc(-c2cccc([C@@H]3O[C@H](Cn4cnc5ccccc54)[C@H](C)[C@H](c4ccc(CO)cc4)O3)c2)c1. The molecule has 7 heteroatoms. The number of rotatable bonds is 8. The maximum absolute atomic E-state index is 11.4. The molecule has 1 saturated heterocycles. The third kappa shape index (κ3) is 5.99. The molecule has 4 atom stereocenters. The van der Waals surface area contributed by atoms with Gasteiger partial charge in [-0.3, -0.25) is 4.79 Å². The first-order valence-electron chi connectivity index (χ1n) is 14.3. The van der Waals surface area contributed by atoms with Crippen LogP contribution in [0.4, 0.5) is 0 Å². The summed E-state index contributed by atoms with van der Waals surface area (Å²) < 4.78 is 15.6. The number of benzene rings is 4. The van der Waals surface area contributed by atoms with Gasteiger partial charge in [0.25, 0.3) is 0 Å². The van der Waals surface area contributed by atoms with Gasteiger partial charge < -0.3 is 24.5 Å². The fraction of sp³-hybridized carbons (Fsp3) is 0.257. The van der Waals surface area contributed by atoms with Gasteiger partial charge in [0.2, 0.25) is 5.91 Å². The predicted molar refractivity (Wildman–Crippen MR) is 162 cm³/mol. The van der Waals surface area contributed by atoms with E-state index in [0.29, 0.717) is 13.1 Å². The van der Waals surface area contributed by atoms with Crippen molar-refractivity contribution in [3.63, 3.8) is 0 Å². The summed E-state index contributed by atoms with van der Waals surface area (Å²) >= 11 is 0. The van der Waals surface area contributed by atoms with Crippen molar-refractivity contribution in [3.05, 3.63) is 126 Å². The summed E-state index contributed by atoms with van der Waals surface area (Å²) in [4.78, 5) is 16.0. The molecule has 0 bridgehead atoms. The van der Waals surface area contributed by atoms with E-state index in [1.165, 1.54) is 6.92 Å². The highest BCUT2D eigenvalue weighted by Gasteiger charge is 2.38. The van der Waals surface area contributed by atoms with Crippen molar-refractivity contribution >= 4 is 16.9 Å². The second kappa shape index (κ2) is 12.3. The van der Waals surface area contributed by atoms with E-state index in [9.17, 15) is 9.90 Å². The monoisotopic (exact) mass is 561 g/mol. The fourth-order valence-corrected chi connectivity index (χ4v) is 5.63. The Balaban J connectivity index is 1.32. The number of imidazole rings is 1. The van der Waals surface area contributed by atoms with Crippen molar-refractivity contribution < 1.29 is 19.4 Å². The highest BCUT2D eigenvalue weighted by Crippen LogP contribution is 2.43. The van der Waals surface area contributed by atoms with Crippen LogP contribution in [-0.4, -0.2) is 26.7 Å². The van der Waals surface area contributed by atoms with Crippen LogP contribution in [0.15, 0.2) is 103 Å². The first-order chi connectivity index (χ1) is 20.5. The Labute approximate surface area is 245 Å². The minimum atomic E-state index is -0.578. The van der Waals surface area contributed by atoms with Gasteiger partial charge in [-0.25, -0.2) is 4.98 Å². The van der Waals surface area contributed by atoms with E-state index in [4.69, 9.17) is 9.47 Å². The minimum Gasteiger partial charge on any atom is -0.392 e. The van der Waals surface area contributed by atoms with Crippen LogP contribution in [0.5, 0.6) is 0 Å². The van der Waals surface area contributed by atoms with Crippen molar-refractivity contribution in [1.29, 1.82) is 0 Å². The van der Waals surface area contributed by atoms with Gasteiger partial charge >= 0.3 is 0 Å². The molecule has 1 fully saturated rings. The van der Waals surface area contributed by atoms with E-state index in [1.807, 2.05) is 73.1 Å². The Morgan fingerprint density at radius 2 is 1.64 bits per heavy atom. The van der Waals surface area contributed by atoms with E-state index in [2.05, 4.69) is 52.1 Å². The van der Waals surface area contributed by atoms with Crippen LogP contribution in [0.1, 0.15) is 48.5 Å². The maximum Gasteiger partial charge on any atom is 0.217 e. The molecule has 0 aliphatic carbocycles. The van der Waals surface area contributed by atoms with Crippen LogP contribution in [0, 0.1) is 5.92 Å². The third-order valence-corrected chi connectivity index (χ3v) is 7.99. The smallest absolute Gasteiger partial charge is 0.217 e. The van der Waals surface area contributed by atoms with Gasteiger partial charge in [-0.2, -0.15) is 0 Å². The second-order valence-electron chi connectivity index (χ2n) is 10.9. The van der Waals surface area contributed by atoms with Crippen LogP contribution < -0.4 is 5.32 Å². The molecule has 2 N–H and O–H groups in total. The molecule has 0 spiro atoms. The Kier molecular flexibility index (Phi) is 8.15. The van der Waals surface area contributed by atoms with Gasteiger partial charge in [-0.1, -0.05) is 79.7 Å². The first kappa shape index (κ1) is 27.8. The summed E-state index contributed by atoms with van der Waals surface area (Å²) in [6.45, 7) is 4.81. The average molecular weight is 562 g/mol. The van der Waals surface area contributed by atoms with Gasteiger partial charge in [0.1, 0.15) is 0 Å². The summed E-state index contributed by atoms with van der Waals surface area (Å²) in [6, 6.07) is 32.5. The number of fused-ring (bicyclic) bond motifs is 1. The summed E-state index contributed by atoms with van der Waals surface area (Å²) in [5, 5.41) is 12.4. The zero-order chi connectivity index (χ0) is 29.1. The van der Waals surface area contributed by atoms with E-state index in [0.717, 1.165) is 44.4 Å². The molecule has 7 nitrogen and oxygen atoms in total. The minimum absolute atomic E-state index is 0.00221. The molecule has 0 unspecified atom stereocenters. The van der Waals surface area contributed by atoms with Gasteiger partial charge in [-0.15, -0.1) is 0 Å².